The van der Waals surface area contributed by atoms with Crippen molar-refractivity contribution in [3.63, 3.8) is 0 Å². The Morgan fingerprint density at radius 2 is 2.47 bits per heavy atom. The van der Waals surface area contributed by atoms with Gasteiger partial charge in [-0.05, 0) is 18.6 Å². The molecule has 1 aromatic rings. The number of nitrogens with zero attached hydrogens (tertiary/aromatic N) is 2. The summed E-state index contributed by atoms with van der Waals surface area (Å²) >= 11 is 1.96. The molecule has 0 aromatic carbocycles. The fraction of sp³-hybridized carbons (Fsp3) is 0.700. The molecule has 15 heavy (non-hydrogen) atoms. The standard InChI is InChI=1S/C10H14N2O2S/c1-7(13)10-11-9(14-12-10)6-8-4-2-3-5-15-8/h8H,2-6H2,1H3. The van der Waals surface area contributed by atoms with E-state index in [1.165, 1.54) is 31.9 Å². The first-order valence-corrected chi connectivity index (χ1v) is 6.25. The maximum absolute atomic E-state index is 11.0. The number of thioether (sulfide) groups is 1. The molecule has 0 radical (unpaired) electrons. The van der Waals surface area contributed by atoms with Crippen molar-refractivity contribution in [3.8, 4) is 0 Å². The van der Waals surface area contributed by atoms with Crippen LogP contribution in [0.4, 0.5) is 0 Å². The van der Waals surface area contributed by atoms with Gasteiger partial charge in [-0.2, -0.15) is 16.7 Å². The van der Waals surface area contributed by atoms with Gasteiger partial charge in [-0.1, -0.05) is 11.6 Å². The zero-order valence-electron chi connectivity index (χ0n) is 8.73. The van der Waals surface area contributed by atoms with Crippen molar-refractivity contribution in [1.29, 1.82) is 0 Å². The van der Waals surface area contributed by atoms with Crippen LogP contribution in [-0.4, -0.2) is 26.9 Å². The van der Waals surface area contributed by atoms with Gasteiger partial charge in [0, 0.05) is 18.6 Å². The van der Waals surface area contributed by atoms with E-state index in [4.69, 9.17) is 4.52 Å². The Hall–Kier alpha value is -0.840. The lowest BCUT2D eigenvalue weighted by Crippen LogP contribution is -2.12. The Morgan fingerprint density at radius 3 is 3.07 bits per heavy atom. The topological polar surface area (TPSA) is 56.0 Å². The Morgan fingerprint density at radius 1 is 1.60 bits per heavy atom. The number of rotatable bonds is 3. The second-order valence-electron chi connectivity index (χ2n) is 3.76. The molecule has 82 valence electrons. The fourth-order valence-electron chi connectivity index (χ4n) is 1.64. The van der Waals surface area contributed by atoms with Gasteiger partial charge in [-0.25, -0.2) is 0 Å². The van der Waals surface area contributed by atoms with Crippen molar-refractivity contribution in [2.45, 2.75) is 37.9 Å². The lowest BCUT2D eigenvalue weighted by molar-refractivity contribution is 0.100. The number of Topliss-reactive ketones (excluding diaryl/α,β-unsaturated/α-hetero) is 1. The van der Waals surface area contributed by atoms with Crippen LogP contribution in [0.2, 0.25) is 0 Å². The molecule has 0 saturated carbocycles. The van der Waals surface area contributed by atoms with Gasteiger partial charge in [-0.15, -0.1) is 0 Å². The van der Waals surface area contributed by atoms with E-state index in [1.54, 1.807) is 0 Å². The largest absolute Gasteiger partial charge is 0.339 e. The average molecular weight is 226 g/mol. The number of hydrogen-bond donors (Lipinski definition) is 0. The number of aromatic nitrogens is 2. The molecule has 1 aliphatic rings. The lowest BCUT2D eigenvalue weighted by atomic mass is 10.1. The third-order valence-electron chi connectivity index (χ3n) is 2.46. The van der Waals surface area contributed by atoms with Gasteiger partial charge in [0.1, 0.15) is 0 Å². The summed E-state index contributed by atoms with van der Waals surface area (Å²) < 4.78 is 5.03. The quantitative estimate of drug-likeness (QED) is 0.739. The summed E-state index contributed by atoms with van der Waals surface area (Å²) in [6.07, 6.45) is 4.60. The van der Waals surface area contributed by atoms with E-state index >= 15 is 0 Å². The molecule has 1 saturated heterocycles. The van der Waals surface area contributed by atoms with Crippen molar-refractivity contribution in [2.75, 3.05) is 5.75 Å². The van der Waals surface area contributed by atoms with Gasteiger partial charge < -0.3 is 4.52 Å². The van der Waals surface area contributed by atoms with Crippen LogP contribution in [0.5, 0.6) is 0 Å². The predicted octanol–water partition coefficient (Wildman–Crippen LogP) is 2.10. The minimum atomic E-state index is -0.138. The summed E-state index contributed by atoms with van der Waals surface area (Å²) in [4.78, 5) is 15.0. The summed E-state index contributed by atoms with van der Waals surface area (Å²) in [6.45, 7) is 1.45. The molecule has 1 aromatic heterocycles. The van der Waals surface area contributed by atoms with Crippen molar-refractivity contribution >= 4 is 17.5 Å². The van der Waals surface area contributed by atoms with E-state index in [-0.39, 0.29) is 11.6 Å². The molecule has 0 aliphatic carbocycles. The summed E-state index contributed by atoms with van der Waals surface area (Å²) in [5.41, 5.74) is 0. The Balaban J connectivity index is 1.94. The molecule has 0 N–H and O–H groups in total. The van der Waals surface area contributed by atoms with Crippen LogP contribution in [0, 0.1) is 0 Å². The minimum Gasteiger partial charge on any atom is -0.339 e. The fourth-order valence-corrected chi connectivity index (χ4v) is 2.94. The zero-order valence-corrected chi connectivity index (χ0v) is 9.55. The molecular formula is C10H14N2O2S. The normalized spacial score (nSPS) is 21.5. The summed E-state index contributed by atoms with van der Waals surface area (Å²) in [5, 5.41) is 4.22. The van der Waals surface area contributed by atoms with Gasteiger partial charge in [0.15, 0.2) is 0 Å². The number of ketones is 1. The maximum atomic E-state index is 11.0. The van der Waals surface area contributed by atoms with Gasteiger partial charge in [0.25, 0.3) is 0 Å². The van der Waals surface area contributed by atoms with Crippen molar-refractivity contribution in [2.24, 2.45) is 0 Å². The van der Waals surface area contributed by atoms with Crippen molar-refractivity contribution in [1.82, 2.24) is 10.1 Å². The zero-order chi connectivity index (χ0) is 10.7. The molecule has 0 spiro atoms. The van der Waals surface area contributed by atoms with Gasteiger partial charge in [0.05, 0.1) is 0 Å². The Bertz CT molecular complexity index is 345. The highest BCUT2D eigenvalue weighted by Crippen LogP contribution is 2.27. The maximum Gasteiger partial charge on any atom is 0.238 e. The minimum absolute atomic E-state index is 0.138. The van der Waals surface area contributed by atoms with Crippen LogP contribution in [0.1, 0.15) is 42.7 Å². The van der Waals surface area contributed by atoms with E-state index in [2.05, 4.69) is 10.1 Å². The second kappa shape index (κ2) is 4.79. The lowest BCUT2D eigenvalue weighted by Gasteiger charge is -2.18. The monoisotopic (exact) mass is 226 g/mol. The van der Waals surface area contributed by atoms with Crippen LogP contribution in [-0.2, 0) is 6.42 Å². The third-order valence-corrected chi connectivity index (χ3v) is 3.86. The summed E-state index contributed by atoms with van der Waals surface area (Å²) in [5.74, 6) is 1.88. The molecule has 0 bridgehead atoms. The highest BCUT2D eigenvalue weighted by molar-refractivity contribution is 7.99. The van der Waals surface area contributed by atoms with Crippen molar-refractivity contribution < 1.29 is 9.32 Å². The van der Waals surface area contributed by atoms with E-state index in [0.29, 0.717) is 11.1 Å². The SMILES string of the molecule is CC(=O)c1noc(CC2CCCCS2)n1. The molecule has 5 heteroatoms. The molecule has 2 heterocycles. The van der Waals surface area contributed by atoms with Crippen LogP contribution in [0.25, 0.3) is 0 Å². The van der Waals surface area contributed by atoms with E-state index in [0.717, 1.165) is 6.42 Å². The molecule has 1 unspecified atom stereocenters. The first-order chi connectivity index (χ1) is 7.25. The summed E-state index contributed by atoms with van der Waals surface area (Å²) in [6, 6.07) is 0. The molecule has 4 nitrogen and oxygen atoms in total. The van der Waals surface area contributed by atoms with E-state index < -0.39 is 0 Å². The third kappa shape index (κ3) is 2.81. The number of hydrogen-bond acceptors (Lipinski definition) is 5. The van der Waals surface area contributed by atoms with Gasteiger partial charge in [-0.3, -0.25) is 4.79 Å². The second-order valence-corrected chi connectivity index (χ2v) is 5.17. The molecule has 1 atom stereocenters. The Labute approximate surface area is 92.8 Å². The van der Waals surface area contributed by atoms with E-state index in [9.17, 15) is 4.79 Å². The predicted molar refractivity (Wildman–Crippen MR) is 58.1 cm³/mol. The van der Waals surface area contributed by atoms with Crippen LogP contribution in [0.3, 0.4) is 0 Å². The van der Waals surface area contributed by atoms with E-state index in [1.807, 2.05) is 11.8 Å². The molecule has 1 fully saturated rings. The molecule has 2 rings (SSSR count). The highest BCUT2D eigenvalue weighted by atomic mass is 32.2. The number of carbonyl (C=O) groups is 1. The van der Waals surface area contributed by atoms with Crippen LogP contribution in [0.15, 0.2) is 4.52 Å². The first kappa shape index (κ1) is 10.7. The van der Waals surface area contributed by atoms with Crippen LogP contribution < -0.4 is 0 Å². The highest BCUT2D eigenvalue weighted by Gasteiger charge is 2.18. The van der Waals surface area contributed by atoms with Crippen molar-refractivity contribution in [3.05, 3.63) is 11.7 Å². The molecule has 0 amide bonds. The Kier molecular flexibility index (Phi) is 3.41. The molecule has 1 aliphatic heterocycles. The number of carbonyl (C=O) groups excluding carboxylic acids is 1. The first-order valence-electron chi connectivity index (χ1n) is 5.21. The van der Waals surface area contributed by atoms with Gasteiger partial charge >= 0.3 is 0 Å². The smallest absolute Gasteiger partial charge is 0.238 e. The van der Waals surface area contributed by atoms with Crippen LogP contribution >= 0.6 is 11.8 Å². The van der Waals surface area contributed by atoms with Gasteiger partial charge in [0.2, 0.25) is 17.5 Å². The average Bonchev–Trinajstić information content (AvgIpc) is 2.68. The molecular weight excluding hydrogens is 212 g/mol. The summed E-state index contributed by atoms with van der Waals surface area (Å²) in [7, 11) is 0.